The number of ketones is 1. The van der Waals surface area contributed by atoms with Gasteiger partial charge >= 0.3 is 0 Å². The molecular weight excluding hydrogens is 255 g/mol. The lowest BCUT2D eigenvalue weighted by atomic mass is 10.0. The second kappa shape index (κ2) is 4.49. The van der Waals surface area contributed by atoms with Crippen LogP contribution < -0.4 is 5.73 Å². The molecular formula is C16H13FN2O. The first-order chi connectivity index (χ1) is 9.58. The molecule has 1 heterocycles. The number of rotatable bonds is 2. The largest absolute Gasteiger partial charge is 0.398 e. The molecule has 3 rings (SSSR count). The van der Waals surface area contributed by atoms with Crippen molar-refractivity contribution in [3.8, 4) is 0 Å². The van der Waals surface area contributed by atoms with Crippen molar-refractivity contribution in [1.82, 2.24) is 4.57 Å². The number of aromatic nitrogens is 1. The quantitative estimate of drug-likeness (QED) is 0.573. The van der Waals surface area contributed by atoms with E-state index in [0.29, 0.717) is 5.56 Å². The molecule has 0 radical (unpaired) electrons. The summed E-state index contributed by atoms with van der Waals surface area (Å²) in [4.78, 5) is 12.6. The Morgan fingerprint density at radius 1 is 1.15 bits per heavy atom. The van der Waals surface area contributed by atoms with Crippen molar-refractivity contribution in [2.45, 2.75) is 0 Å². The predicted molar refractivity (Wildman–Crippen MR) is 77.2 cm³/mol. The van der Waals surface area contributed by atoms with E-state index < -0.39 is 5.82 Å². The number of carbonyl (C=O) groups excluding carboxylic acids is 1. The third-order valence-electron chi connectivity index (χ3n) is 3.40. The minimum absolute atomic E-state index is 0.196. The maximum atomic E-state index is 13.3. The highest BCUT2D eigenvalue weighted by Gasteiger charge is 2.18. The zero-order chi connectivity index (χ0) is 14.3. The fraction of sp³-hybridized carbons (Fsp3) is 0.0625. The molecule has 20 heavy (non-hydrogen) atoms. The molecule has 100 valence electrons. The minimum Gasteiger partial charge on any atom is -0.398 e. The monoisotopic (exact) mass is 268 g/mol. The van der Waals surface area contributed by atoms with E-state index in [-0.39, 0.29) is 17.0 Å². The molecule has 0 amide bonds. The van der Waals surface area contributed by atoms with Crippen molar-refractivity contribution in [3.63, 3.8) is 0 Å². The minimum atomic E-state index is -0.470. The number of fused-ring (bicyclic) bond motifs is 1. The highest BCUT2D eigenvalue weighted by atomic mass is 19.1. The Morgan fingerprint density at radius 2 is 1.90 bits per heavy atom. The van der Waals surface area contributed by atoms with Crippen LogP contribution in [0.2, 0.25) is 0 Å². The third kappa shape index (κ3) is 1.86. The summed E-state index contributed by atoms with van der Waals surface area (Å²) >= 11 is 0. The summed E-state index contributed by atoms with van der Waals surface area (Å²) in [7, 11) is 1.87. The standard InChI is InChI=1S/C16H13FN2O/c1-19-9-13(11-4-2-3-5-15(11)19)16(20)12-8-10(17)6-7-14(12)18/h2-9H,18H2,1H3. The topological polar surface area (TPSA) is 48.0 Å². The lowest BCUT2D eigenvalue weighted by Gasteiger charge is -2.04. The lowest BCUT2D eigenvalue weighted by molar-refractivity contribution is 0.104. The Labute approximate surface area is 115 Å². The molecule has 0 saturated carbocycles. The highest BCUT2D eigenvalue weighted by Crippen LogP contribution is 2.25. The Morgan fingerprint density at radius 3 is 2.70 bits per heavy atom. The van der Waals surface area contributed by atoms with Crippen LogP contribution in [0.25, 0.3) is 10.9 Å². The number of nitrogens with zero attached hydrogens (tertiary/aromatic N) is 1. The second-order valence-corrected chi connectivity index (χ2v) is 4.73. The lowest BCUT2D eigenvalue weighted by Crippen LogP contribution is -2.05. The van der Waals surface area contributed by atoms with Gasteiger partial charge in [-0.3, -0.25) is 4.79 Å². The fourth-order valence-corrected chi connectivity index (χ4v) is 2.39. The van der Waals surface area contributed by atoms with E-state index in [4.69, 9.17) is 5.73 Å². The van der Waals surface area contributed by atoms with Gasteiger partial charge in [-0.05, 0) is 24.3 Å². The molecule has 1 aromatic heterocycles. The van der Waals surface area contributed by atoms with Crippen LogP contribution in [0.15, 0.2) is 48.7 Å². The number of hydrogen-bond donors (Lipinski definition) is 1. The number of para-hydroxylation sites is 1. The van der Waals surface area contributed by atoms with Gasteiger partial charge in [0.25, 0.3) is 0 Å². The number of anilines is 1. The van der Waals surface area contributed by atoms with Crippen molar-refractivity contribution < 1.29 is 9.18 Å². The van der Waals surface area contributed by atoms with Gasteiger partial charge < -0.3 is 10.3 Å². The zero-order valence-electron chi connectivity index (χ0n) is 10.9. The SMILES string of the molecule is Cn1cc(C(=O)c2cc(F)ccc2N)c2ccccc21. The average molecular weight is 268 g/mol. The van der Waals surface area contributed by atoms with E-state index in [1.54, 1.807) is 6.20 Å². The number of hydrogen-bond acceptors (Lipinski definition) is 2. The second-order valence-electron chi connectivity index (χ2n) is 4.73. The summed E-state index contributed by atoms with van der Waals surface area (Å²) in [5, 5.41) is 0.837. The number of halogens is 1. The van der Waals surface area contributed by atoms with Gasteiger partial charge in [-0.2, -0.15) is 0 Å². The summed E-state index contributed by atoms with van der Waals surface area (Å²) in [6, 6.07) is 11.4. The van der Waals surface area contributed by atoms with Gasteiger partial charge in [-0.25, -0.2) is 4.39 Å². The molecule has 0 unspecified atom stereocenters. The van der Waals surface area contributed by atoms with Crippen molar-refractivity contribution in [2.24, 2.45) is 7.05 Å². The maximum Gasteiger partial charge on any atom is 0.197 e. The van der Waals surface area contributed by atoms with Gasteiger partial charge in [0.15, 0.2) is 5.78 Å². The molecule has 0 aliphatic carbocycles. The first-order valence-corrected chi connectivity index (χ1v) is 6.21. The molecule has 2 aromatic carbocycles. The van der Waals surface area contributed by atoms with Crippen LogP contribution in [0.3, 0.4) is 0 Å². The first kappa shape index (κ1) is 12.4. The number of nitrogens with two attached hydrogens (primary N) is 1. The Balaban J connectivity index is 2.20. The van der Waals surface area contributed by atoms with Gasteiger partial charge in [0.2, 0.25) is 0 Å². The molecule has 0 spiro atoms. The Kier molecular flexibility index (Phi) is 2.79. The normalized spacial score (nSPS) is 10.9. The molecule has 3 nitrogen and oxygen atoms in total. The van der Waals surface area contributed by atoms with Crippen LogP contribution in [-0.2, 0) is 7.05 Å². The van der Waals surface area contributed by atoms with Gasteiger partial charge in [-0.1, -0.05) is 18.2 Å². The van der Waals surface area contributed by atoms with Crippen LogP contribution in [-0.4, -0.2) is 10.4 Å². The summed E-state index contributed by atoms with van der Waals surface area (Å²) < 4.78 is 15.2. The van der Waals surface area contributed by atoms with Gasteiger partial charge in [0.1, 0.15) is 5.82 Å². The summed E-state index contributed by atoms with van der Waals surface area (Å²) in [6.45, 7) is 0. The highest BCUT2D eigenvalue weighted by molar-refractivity contribution is 6.18. The van der Waals surface area contributed by atoms with Crippen molar-refractivity contribution in [2.75, 3.05) is 5.73 Å². The predicted octanol–water partition coefficient (Wildman–Crippen LogP) is 3.13. The molecule has 0 bridgehead atoms. The molecule has 2 N–H and O–H groups in total. The number of aryl methyl sites for hydroxylation is 1. The zero-order valence-corrected chi connectivity index (χ0v) is 10.9. The van der Waals surface area contributed by atoms with E-state index >= 15 is 0 Å². The van der Waals surface area contributed by atoms with Gasteiger partial charge in [-0.15, -0.1) is 0 Å². The number of carbonyl (C=O) groups is 1. The number of benzene rings is 2. The first-order valence-electron chi connectivity index (χ1n) is 6.21. The molecule has 0 fully saturated rings. The van der Waals surface area contributed by atoms with E-state index in [2.05, 4.69) is 0 Å². The van der Waals surface area contributed by atoms with E-state index in [9.17, 15) is 9.18 Å². The molecule has 0 saturated heterocycles. The maximum absolute atomic E-state index is 13.3. The van der Waals surface area contributed by atoms with Crippen LogP contribution in [0.4, 0.5) is 10.1 Å². The van der Waals surface area contributed by atoms with E-state index in [1.165, 1.54) is 18.2 Å². The molecule has 4 heteroatoms. The Hall–Kier alpha value is -2.62. The van der Waals surface area contributed by atoms with Crippen LogP contribution in [0.1, 0.15) is 15.9 Å². The molecule has 0 atom stereocenters. The van der Waals surface area contributed by atoms with E-state index in [1.807, 2.05) is 35.9 Å². The smallest absolute Gasteiger partial charge is 0.197 e. The fourth-order valence-electron chi connectivity index (χ4n) is 2.39. The average Bonchev–Trinajstić information content (AvgIpc) is 2.79. The molecule has 0 aliphatic heterocycles. The summed E-state index contributed by atoms with van der Waals surface area (Å²) in [6.07, 6.45) is 1.75. The molecule has 3 aromatic rings. The van der Waals surface area contributed by atoms with Gasteiger partial charge in [0, 0.05) is 41.0 Å². The summed E-state index contributed by atoms with van der Waals surface area (Å²) in [5.74, 6) is -0.735. The van der Waals surface area contributed by atoms with Crippen LogP contribution in [0.5, 0.6) is 0 Å². The molecule has 0 aliphatic rings. The van der Waals surface area contributed by atoms with Crippen LogP contribution >= 0.6 is 0 Å². The number of nitrogen functional groups attached to an aromatic ring is 1. The van der Waals surface area contributed by atoms with Crippen molar-refractivity contribution in [1.29, 1.82) is 0 Å². The van der Waals surface area contributed by atoms with Gasteiger partial charge in [0.05, 0.1) is 0 Å². The van der Waals surface area contributed by atoms with Crippen molar-refractivity contribution >= 4 is 22.4 Å². The summed E-state index contributed by atoms with van der Waals surface area (Å²) in [5.41, 5.74) is 7.74. The third-order valence-corrected chi connectivity index (χ3v) is 3.40. The Bertz CT molecular complexity index is 820. The van der Waals surface area contributed by atoms with Crippen LogP contribution in [0, 0.1) is 5.82 Å². The van der Waals surface area contributed by atoms with Crippen molar-refractivity contribution in [3.05, 3.63) is 65.6 Å². The van der Waals surface area contributed by atoms with E-state index in [0.717, 1.165) is 10.9 Å².